The molecular formula is C35H35Cl2F3N6O3S. The van der Waals surface area contributed by atoms with Gasteiger partial charge in [-0.25, -0.2) is 9.98 Å². The number of aromatic nitrogens is 1. The Labute approximate surface area is 301 Å². The third-order valence-corrected chi connectivity index (χ3v) is 12.9. The van der Waals surface area contributed by atoms with E-state index in [0.717, 1.165) is 27.3 Å². The first kappa shape index (κ1) is 33.8. The number of amides is 3. The molecule has 3 fully saturated rings. The quantitative estimate of drug-likeness (QED) is 0.342. The molecule has 0 radical (unpaired) electrons. The fourth-order valence-electron chi connectivity index (χ4n) is 8.75. The summed E-state index contributed by atoms with van der Waals surface area (Å²) in [6, 6.07) is 8.27. The average molecular weight is 748 g/mol. The first-order valence-electron chi connectivity index (χ1n) is 16.8. The maximum absolute atomic E-state index is 14.8. The van der Waals surface area contributed by atoms with Crippen LogP contribution in [-0.4, -0.2) is 90.9 Å². The summed E-state index contributed by atoms with van der Waals surface area (Å²) in [4.78, 5) is 57.6. The number of allylic oxidation sites excluding steroid dienone is 1. The number of hydrogen-bond acceptors (Lipinski definition) is 7. The highest BCUT2D eigenvalue weighted by Crippen LogP contribution is 2.59. The van der Waals surface area contributed by atoms with E-state index >= 15 is 0 Å². The Morgan fingerprint density at radius 3 is 2.48 bits per heavy atom. The largest absolute Gasteiger partial charge is 0.471 e. The van der Waals surface area contributed by atoms with Gasteiger partial charge in [0.1, 0.15) is 21.6 Å². The molecule has 5 atom stereocenters. The molecule has 9 nitrogen and oxygen atoms in total. The van der Waals surface area contributed by atoms with Gasteiger partial charge >= 0.3 is 12.1 Å². The Hall–Kier alpha value is -3.29. The number of aliphatic imine (C=N–C) groups is 1. The van der Waals surface area contributed by atoms with Crippen molar-refractivity contribution in [3.63, 3.8) is 0 Å². The minimum Gasteiger partial charge on any atom is -0.337 e. The Balaban J connectivity index is 1.12. The molecule has 2 saturated heterocycles. The smallest absolute Gasteiger partial charge is 0.337 e. The standard InChI is InChI=1S/C35H35Cl2F3N6O3S/c1-18-14-20-15-22(36)6-7-23(20)28-33(3,21-5-9-25(37)41-16-21)42-32-46(28)26(18)27(50-32)30(48)45-19(2)4-8-24(45)29(47)43-12-13-44(31(49)35(38,39)40)34(17-43)10-11-34/h5-7,9,15-16,18-19,24,28H,4,8,10-14,17H2,1-3H3/t18?,19-,24?,28?,33?/m1/s1. The Morgan fingerprint density at radius 2 is 1.80 bits per heavy atom. The molecule has 8 rings (SSSR count). The topological polar surface area (TPSA) is 89.4 Å². The van der Waals surface area contributed by atoms with Crippen LogP contribution in [0.2, 0.25) is 10.2 Å². The van der Waals surface area contributed by atoms with Gasteiger partial charge in [0.25, 0.3) is 5.91 Å². The van der Waals surface area contributed by atoms with Crippen LogP contribution < -0.4 is 0 Å². The zero-order valence-corrected chi connectivity index (χ0v) is 30.0. The summed E-state index contributed by atoms with van der Waals surface area (Å²) in [6.45, 7) is 5.91. The monoisotopic (exact) mass is 746 g/mol. The summed E-state index contributed by atoms with van der Waals surface area (Å²) in [7, 11) is 0. The Morgan fingerprint density at radius 1 is 1.04 bits per heavy atom. The van der Waals surface area contributed by atoms with Crippen molar-refractivity contribution in [1.29, 1.82) is 0 Å². The minimum atomic E-state index is -4.97. The van der Waals surface area contributed by atoms with Gasteiger partial charge in [0.05, 0.1) is 11.6 Å². The summed E-state index contributed by atoms with van der Waals surface area (Å²) in [6.07, 6.45) is -0.716. The number of halogens is 5. The van der Waals surface area contributed by atoms with Crippen molar-refractivity contribution < 1.29 is 27.6 Å². The molecule has 15 heteroatoms. The second kappa shape index (κ2) is 11.6. The number of fused-ring (bicyclic) bond motifs is 2. The molecule has 50 heavy (non-hydrogen) atoms. The third-order valence-electron chi connectivity index (χ3n) is 11.4. The molecule has 2 aromatic rings. The molecular weight excluding hydrogens is 712 g/mol. The minimum absolute atomic E-state index is 0.0136. The van der Waals surface area contributed by atoms with Gasteiger partial charge in [-0.3, -0.25) is 14.4 Å². The van der Waals surface area contributed by atoms with Gasteiger partial charge in [0.2, 0.25) is 5.91 Å². The van der Waals surface area contributed by atoms with E-state index in [9.17, 15) is 27.6 Å². The molecule has 0 bridgehead atoms. The van der Waals surface area contributed by atoms with Crippen LogP contribution in [-0.2, 0) is 26.3 Å². The van der Waals surface area contributed by atoms with E-state index in [1.54, 1.807) is 22.1 Å². The predicted molar refractivity (Wildman–Crippen MR) is 183 cm³/mol. The van der Waals surface area contributed by atoms with Crippen LogP contribution in [0, 0.1) is 5.92 Å². The number of nitrogens with zero attached hydrogens (tertiary/aromatic N) is 6. The van der Waals surface area contributed by atoms with Gasteiger partial charge in [-0.2, -0.15) is 13.2 Å². The summed E-state index contributed by atoms with van der Waals surface area (Å²) < 4.78 is 40.1. The molecule has 6 aliphatic rings. The molecule has 6 heterocycles. The highest BCUT2D eigenvalue weighted by Gasteiger charge is 2.60. The number of benzene rings is 1. The molecule has 1 aromatic heterocycles. The highest BCUT2D eigenvalue weighted by atomic mass is 35.5. The number of likely N-dealkylation sites (tertiary alicyclic amines) is 1. The van der Waals surface area contributed by atoms with E-state index in [0.29, 0.717) is 52.4 Å². The van der Waals surface area contributed by atoms with Gasteiger partial charge in [-0.05, 0) is 87.0 Å². The van der Waals surface area contributed by atoms with Crippen LogP contribution >= 0.6 is 35.0 Å². The molecule has 5 aliphatic heterocycles. The number of pyridine rings is 1. The van der Waals surface area contributed by atoms with Crippen LogP contribution in [0.3, 0.4) is 0 Å². The second-order valence-corrected chi connectivity index (χ2v) is 16.3. The molecule has 4 unspecified atom stereocenters. The summed E-state index contributed by atoms with van der Waals surface area (Å²) >= 11 is 14.0. The zero-order valence-electron chi connectivity index (χ0n) is 27.6. The van der Waals surface area contributed by atoms with Crippen LogP contribution in [0.25, 0.3) is 0 Å². The van der Waals surface area contributed by atoms with E-state index in [-0.39, 0.29) is 49.5 Å². The van der Waals surface area contributed by atoms with Crippen LogP contribution in [0.1, 0.15) is 69.2 Å². The van der Waals surface area contributed by atoms with Crippen molar-refractivity contribution in [3.8, 4) is 0 Å². The average Bonchev–Trinajstić information content (AvgIpc) is 3.46. The van der Waals surface area contributed by atoms with E-state index < -0.39 is 29.2 Å². The van der Waals surface area contributed by atoms with Gasteiger partial charge in [0.15, 0.2) is 5.17 Å². The number of carbonyl (C=O) groups is 3. The molecule has 1 spiro atoms. The second-order valence-electron chi connectivity index (χ2n) is 14.5. The third kappa shape index (κ3) is 5.16. The van der Waals surface area contributed by atoms with E-state index in [4.69, 9.17) is 28.2 Å². The van der Waals surface area contributed by atoms with Gasteiger partial charge in [-0.1, -0.05) is 42.3 Å². The van der Waals surface area contributed by atoms with Crippen molar-refractivity contribution in [2.45, 2.75) is 88.3 Å². The lowest BCUT2D eigenvalue weighted by Crippen LogP contribution is -2.62. The molecule has 264 valence electrons. The molecule has 1 saturated carbocycles. The fourth-order valence-corrected chi connectivity index (χ4v) is 10.4. The zero-order chi connectivity index (χ0) is 35.5. The molecule has 0 N–H and O–H groups in total. The van der Waals surface area contributed by atoms with Crippen molar-refractivity contribution in [3.05, 3.63) is 74.0 Å². The number of piperazine rings is 1. The van der Waals surface area contributed by atoms with Crippen LogP contribution in [0.4, 0.5) is 13.2 Å². The number of carbonyl (C=O) groups excluding carboxylic acids is 3. The number of amidine groups is 1. The van der Waals surface area contributed by atoms with Crippen molar-refractivity contribution in [2.75, 3.05) is 19.6 Å². The van der Waals surface area contributed by atoms with Crippen LogP contribution in [0.15, 0.2) is 52.1 Å². The van der Waals surface area contributed by atoms with Crippen molar-refractivity contribution >= 4 is 57.9 Å². The van der Waals surface area contributed by atoms with E-state index in [2.05, 4.69) is 23.7 Å². The summed E-state index contributed by atoms with van der Waals surface area (Å²) in [5.74, 6) is -2.48. The number of rotatable bonds is 3. The number of hydrogen-bond donors (Lipinski definition) is 0. The first-order valence-corrected chi connectivity index (χ1v) is 18.4. The van der Waals surface area contributed by atoms with E-state index in [1.807, 2.05) is 31.2 Å². The Bertz CT molecular complexity index is 1890. The lowest BCUT2D eigenvalue weighted by atomic mass is 9.81. The van der Waals surface area contributed by atoms with Crippen LogP contribution in [0.5, 0.6) is 0 Å². The van der Waals surface area contributed by atoms with Crippen molar-refractivity contribution in [1.82, 2.24) is 24.6 Å². The van der Waals surface area contributed by atoms with E-state index in [1.165, 1.54) is 11.8 Å². The first-order chi connectivity index (χ1) is 23.6. The molecule has 3 amide bonds. The van der Waals surface area contributed by atoms with Gasteiger partial charge in [0, 0.05) is 54.1 Å². The number of thioether (sulfide) groups is 1. The predicted octanol–water partition coefficient (Wildman–Crippen LogP) is 6.31. The lowest BCUT2D eigenvalue weighted by Gasteiger charge is -2.43. The summed E-state index contributed by atoms with van der Waals surface area (Å²) in [5, 5.41) is 1.69. The van der Waals surface area contributed by atoms with Gasteiger partial charge < -0.3 is 19.6 Å². The Kier molecular flexibility index (Phi) is 7.86. The fraction of sp³-hybridized carbons (Fsp3) is 0.514. The SMILES string of the molecule is CC1Cc2cc(Cl)ccc2C2N3C(=NC2(C)c2ccc(Cl)nc2)SC(C(=O)N2C(C(=O)N4CCN(C(=O)C(F)(F)F)C5(CC5)C4)CC[C@H]2C)=C13. The normalized spacial score (nSPS) is 29.6. The number of alkyl halides is 3. The molecule has 1 aromatic carbocycles. The summed E-state index contributed by atoms with van der Waals surface area (Å²) in [5.41, 5.74) is 2.09. The molecule has 1 aliphatic carbocycles. The maximum atomic E-state index is 14.8. The highest BCUT2D eigenvalue weighted by molar-refractivity contribution is 8.18. The van der Waals surface area contributed by atoms with Gasteiger partial charge in [-0.15, -0.1) is 0 Å². The van der Waals surface area contributed by atoms with Crippen molar-refractivity contribution in [2.24, 2.45) is 10.9 Å². The lowest BCUT2D eigenvalue weighted by molar-refractivity contribution is -0.191. The maximum Gasteiger partial charge on any atom is 0.471 e.